The van der Waals surface area contributed by atoms with Crippen LogP contribution in [0, 0.1) is 6.92 Å². The summed E-state index contributed by atoms with van der Waals surface area (Å²) in [5.41, 5.74) is 1.65. The Balaban J connectivity index is 1.81. The van der Waals surface area contributed by atoms with Crippen molar-refractivity contribution in [1.82, 2.24) is 5.32 Å². The second kappa shape index (κ2) is 9.64. The maximum Gasteiger partial charge on any atom is 0.261 e. The van der Waals surface area contributed by atoms with Gasteiger partial charge in [0.1, 0.15) is 5.75 Å². The van der Waals surface area contributed by atoms with Gasteiger partial charge in [-0.15, -0.1) is 11.8 Å². The first kappa shape index (κ1) is 20.3. The van der Waals surface area contributed by atoms with Gasteiger partial charge < -0.3 is 15.4 Å². The Kier molecular flexibility index (Phi) is 7.53. The van der Waals surface area contributed by atoms with Crippen molar-refractivity contribution in [2.45, 2.75) is 24.8 Å². The third-order valence-electron chi connectivity index (χ3n) is 3.63. The summed E-state index contributed by atoms with van der Waals surface area (Å²) in [6.45, 7) is 3.43. The fraction of sp³-hybridized carbons (Fsp3) is 0.263. The van der Waals surface area contributed by atoms with Gasteiger partial charge in [0.05, 0.1) is 6.54 Å². The molecule has 1 atom stereocenters. The molecule has 2 amide bonds. The van der Waals surface area contributed by atoms with Crippen LogP contribution in [-0.2, 0) is 9.59 Å². The van der Waals surface area contributed by atoms with Crippen molar-refractivity contribution in [1.29, 1.82) is 0 Å². The van der Waals surface area contributed by atoms with Crippen LogP contribution < -0.4 is 15.4 Å². The van der Waals surface area contributed by atoms with Crippen molar-refractivity contribution in [3.05, 3.63) is 52.5 Å². The average Bonchev–Trinajstić information content (AvgIpc) is 2.62. The summed E-state index contributed by atoms with van der Waals surface area (Å²) >= 11 is 5.01. The predicted molar refractivity (Wildman–Crippen MR) is 109 cm³/mol. The van der Waals surface area contributed by atoms with Crippen LogP contribution in [0.5, 0.6) is 5.75 Å². The van der Waals surface area contributed by atoms with E-state index in [9.17, 15) is 9.59 Å². The molecular weight excluding hydrogens is 416 g/mol. The Hall–Kier alpha value is -1.99. The van der Waals surface area contributed by atoms with E-state index in [4.69, 9.17) is 4.74 Å². The van der Waals surface area contributed by atoms with Crippen molar-refractivity contribution < 1.29 is 14.3 Å². The van der Waals surface area contributed by atoms with E-state index in [1.165, 1.54) is 0 Å². The Morgan fingerprint density at radius 1 is 1.19 bits per heavy atom. The number of benzene rings is 2. The van der Waals surface area contributed by atoms with Gasteiger partial charge in [-0.25, -0.2) is 0 Å². The van der Waals surface area contributed by atoms with E-state index in [1.54, 1.807) is 18.7 Å². The van der Waals surface area contributed by atoms with Crippen LogP contribution in [0.25, 0.3) is 0 Å². The molecule has 0 aliphatic carbocycles. The van der Waals surface area contributed by atoms with Crippen LogP contribution >= 0.6 is 27.7 Å². The Morgan fingerprint density at radius 2 is 1.88 bits per heavy atom. The van der Waals surface area contributed by atoms with Gasteiger partial charge in [-0.05, 0) is 68.1 Å². The summed E-state index contributed by atoms with van der Waals surface area (Å²) in [7, 11) is 0. The highest BCUT2D eigenvalue weighted by Gasteiger charge is 2.16. The van der Waals surface area contributed by atoms with E-state index < -0.39 is 6.10 Å². The van der Waals surface area contributed by atoms with Gasteiger partial charge in [-0.1, -0.05) is 15.9 Å². The third-order valence-corrected chi connectivity index (χ3v) is 4.86. The van der Waals surface area contributed by atoms with E-state index >= 15 is 0 Å². The number of hydrogen-bond donors (Lipinski definition) is 2. The second-order valence-corrected chi connectivity index (χ2v) is 7.46. The van der Waals surface area contributed by atoms with Gasteiger partial charge in [0, 0.05) is 15.1 Å². The van der Waals surface area contributed by atoms with Crippen LogP contribution in [0.3, 0.4) is 0 Å². The standard InChI is InChI=1S/C19H21BrN2O3S/c1-12-10-14(20)4-9-17(12)22-18(23)11-21-19(24)13(2)25-15-5-7-16(26-3)8-6-15/h4-10,13H,11H2,1-3H3,(H,21,24)(H,22,23). The highest BCUT2D eigenvalue weighted by molar-refractivity contribution is 9.10. The van der Waals surface area contributed by atoms with Crippen LogP contribution in [0.4, 0.5) is 5.69 Å². The van der Waals surface area contributed by atoms with Crippen molar-refractivity contribution >= 4 is 45.2 Å². The number of amides is 2. The minimum absolute atomic E-state index is 0.118. The summed E-state index contributed by atoms with van der Waals surface area (Å²) in [6, 6.07) is 13.1. The number of anilines is 1. The maximum absolute atomic E-state index is 12.1. The van der Waals surface area contributed by atoms with E-state index in [0.717, 1.165) is 14.9 Å². The molecule has 0 heterocycles. The average molecular weight is 437 g/mol. The molecule has 0 aliphatic heterocycles. The normalized spacial score (nSPS) is 11.5. The Bertz CT molecular complexity index is 781. The Labute approximate surface area is 166 Å². The number of hydrogen-bond acceptors (Lipinski definition) is 4. The molecule has 2 aromatic rings. The molecular formula is C19H21BrN2O3S. The second-order valence-electron chi connectivity index (χ2n) is 5.66. The first-order valence-corrected chi connectivity index (χ1v) is 10.0. The smallest absolute Gasteiger partial charge is 0.261 e. The fourth-order valence-electron chi connectivity index (χ4n) is 2.18. The number of ether oxygens (including phenoxy) is 1. The highest BCUT2D eigenvalue weighted by Crippen LogP contribution is 2.20. The number of halogens is 1. The first-order valence-electron chi connectivity index (χ1n) is 8.03. The molecule has 2 aromatic carbocycles. The first-order chi connectivity index (χ1) is 12.4. The number of nitrogens with one attached hydrogen (secondary N) is 2. The minimum Gasteiger partial charge on any atom is -0.481 e. The summed E-state index contributed by atoms with van der Waals surface area (Å²) in [6.07, 6.45) is 1.30. The highest BCUT2D eigenvalue weighted by atomic mass is 79.9. The van der Waals surface area contributed by atoms with Crippen LogP contribution in [0.1, 0.15) is 12.5 Å². The van der Waals surface area contributed by atoms with E-state index in [0.29, 0.717) is 11.4 Å². The summed E-state index contributed by atoms with van der Waals surface area (Å²) in [4.78, 5) is 25.3. The van der Waals surface area contributed by atoms with Gasteiger partial charge in [-0.2, -0.15) is 0 Å². The lowest BCUT2D eigenvalue weighted by Crippen LogP contribution is -2.40. The molecule has 7 heteroatoms. The third kappa shape index (κ3) is 6.07. The topological polar surface area (TPSA) is 67.4 Å². The fourth-order valence-corrected chi connectivity index (χ4v) is 3.07. The van der Waals surface area contributed by atoms with Gasteiger partial charge >= 0.3 is 0 Å². The quantitative estimate of drug-likeness (QED) is 0.643. The maximum atomic E-state index is 12.1. The molecule has 0 saturated heterocycles. The number of carbonyl (C=O) groups excluding carboxylic acids is 2. The molecule has 5 nitrogen and oxygen atoms in total. The molecule has 26 heavy (non-hydrogen) atoms. The lowest BCUT2D eigenvalue weighted by atomic mass is 10.2. The number of thioether (sulfide) groups is 1. The monoisotopic (exact) mass is 436 g/mol. The van der Waals surface area contributed by atoms with Gasteiger partial charge in [0.2, 0.25) is 5.91 Å². The van der Waals surface area contributed by atoms with Crippen molar-refractivity contribution in [3.63, 3.8) is 0 Å². The SMILES string of the molecule is CSc1ccc(OC(C)C(=O)NCC(=O)Nc2ccc(Br)cc2C)cc1. The van der Waals surface area contributed by atoms with Crippen molar-refractivity contribution in [3.8, 4) is 5.75 Å². The largest absolute Gasteiger partial charge is 0.481 e. The van der Waals surface area contributed by atoms with Crippen LogP contribution in [-0.4, -0.2) is 30.7 Å². The zero-order valence-corrected chi connectivity index (χ0v) is 17.2. The van der Waals surface area contributed by atoms with E-state index in [1.807, 2.05) is 55.6 Å². The molecule has 1 unspecified atom stereocenters. The lowest BCUT2D eigenvalue weighted by molar-refractivity contribution is -0.129. The summed E-state index contributed by atoms with van der Waals surface area (Å²) in [5.74, 6) is -0.0256. The zero-order chi connectivity index (χ0) is 19.1. The van der Waals surface area contributed by atoms with Crippen LogP contribution in [0.2, 0.25) is 0 Å². The molecule has 138 valence electrons. The molecule has 2 N–H and O–H groups in total. The van der Waals surface area contributed by atoms with E-state index in [2.05, 4.69) is 26.6 Å². The van der Waals surface area contributed by atoms with Gasteiger partial charge in [-0.3, -0.25) is 9.59 Å². The number of carbonyl (C=O) groups is 2. The van der Waals surface area contributed by atoms with Crippen molar-refractivity contribution in [2.75, 3.05) is 18.1 Å². The molecule has 0 bridgehead atoms. The summed E-state index contributed by atoms with van der Waals surface area (Å²) < 4.78 is 6.54. The lowest BCUT2D eigenvalue weighted by Gasteiger charge is -2.15. The predicted octanol–water partition coefficient (Wildman–Crippen LogP) is 4.00. The summed E-state index contributed by atoms with van der Waals surface area (Å²) in [5, 5.41) is 5.36. The number of aryl methyl sites for hydroxylation is 1. The molecule has 0 fully saturated rings. The molecule has 0 aromatic heterocycles. The minimum atomic E-state index is -0.697. The molecule has 2 rings (SSSR count). The van der Waals surface area contributed by atoms with Gasteiger partial charge in [0.15, 0.2) is 6.10 Å². The van der Waals surface area contributed by atoms with E-state index in [-0.39, 0.29) is 18.4 Å². The zero-order valence-electron chi connectivity index (χ0n) is 14.8. The molecule has 0 spiro atoms. The van der Waals surface area contributed by atoms with Gasteiger partial charge in [0.25, 0.3) is 5.91 Å². The molecule has 0 aliphatic rings. The van der Waals surface area contributed by atoms with Crippen LogP contribution in [0.15, 0.2) is 51.8 Å². The molecule has 0 radical (unpaired) electrons. The van der Waals surface area contributed by atoms with Crippen molar-refractivity contribution in [2.24, 2.45) is 0 Å². The Morgan fingerprint density at radius 3 is 2.50 bits per heavy atom. The molecule has 0 saturated carbocycles. The number of rotatable bonds is 7.